The van der Waals surface area contributed by atoms with Crippen LogP contribution in [-0.2, 0) is 11.3 Å². The molecule has 0 fully saturated rings. The van der Waals surface area contributed by atoms with E-state index in [1.807, 2.05) is 38.1 Å². The van der Waals surface area contributed by atoms with Crippen molar-refractivity contribution in [3.05, 3.63) is 48.0 Å². The Kier molecular flexibility index (Phi) is 6.29. The molecule has 0 atom stereocenters. The summed E-state index contributed by atoms with van der Waals surface area (Å²) in [5, 5.41) is 11.2. The second-order valence-electron chi connectivity index (χ2n) is 6.63. The third-order valence-corrected chi connectivity index (χ3v) is 3.62. The zero-order valence-electron chi connectivity index (χ0n) is 14.9. The van der Waals surface area contributed by atoms with E-state index in [4.69, 9.17) is 0 Å². The molecule has 2 aromatic rings. The Hall–Kier alpha value is -2.43. The Morgan fingerprint density at radius 2 is 1.75 bits per heavy atom. The van der Waals surface area contributed by atoms with Gasteiger partial charge in [0.05, 0.1) is 0 Å². The van der Waals surface area contributed by atoms with Crippen LogP contribution in [0.3, 0.4) is 0 Å². The Morgan fingerprint density at radius 3 is 2.29 bits per heavy atom. The van der Waals surface area contributed by atoms with Gasteiger partial charge >= 0.3 is 0 Å². The molecule has 0 radical (unpaired) electrons. The van der Waals surface area contributed by atoms with Crippen molar-refractivity contribution in [1.29, 1.82) is 0 Å². The van der Waals surface area contributed by atoms with Gasteiger partial charge in [-0.25, -0.2) is 0 Å². The van der Waals surface area contributed by atoms with Crippen molar-refractivity contribution in [3.8, 4) is 0 Å². The number of carbonyl (C=O) groups excluding carboxylic acids is 1. The van der Waals surface area contributed by atoms with Crippen LogP contribution >= 0.6 is 0 Å². The van der Waals surface area contributed by atoms with Gasteiger partial charge in [0.25, 0.3) is 0 Å². The fraction of sp³-hybridized carbons (Fsp3) is 0.421. The second-order valence-corrected chi connectivity index (χ2v) is 6.63. The number of nitrogens with one attached hydrogen (secondary N) is 1. The maximum absolute atomic E-state index is 11.8. The Balaban J connectivity index is 2.07. The molecule has 0 bridgehead atoms. The molecule has 0 aliphatic carbocycles. The molecule has 0 aliphatic heterocycles. The maximum Gasteiger partial charge on any atom is 0.225 e. The average Bonchev–Trinajstić information content (AvgIpc) is 2.53. The van der Waals surface area contributed by atoms with Crippen molar-refractivity contribution < 1.29 is 4.79 Å². The van der Waals surface area contributed by atoms with Crippen molar-refractivity contribution in [2.75, 3.05) is 10.2 Å². The molecule has 5 nitrogen and oxygen atoms in total. The monoisotopic (exact) mass is 326 g/mol. The highest BCUT2D eigenvalue weighted by Gasteiger charge is 2.14. The average molecular weight is 326 g/mol. The molecular weight excluding hydrogens is 300 g/mol. The molecule has 0 aliphatic rings. The van der Waals surface area contributed by atoms with Crippen LogP contribution in [0.5, 0.6) is 0 Å². The first kappa shape index (κ1) is 17.9. The largest absolute Gasteiger partial charge is 0.348 e. The van der Waals surface area contributed by atoms with E-state index in [0.29, 0.717) is 24.2 Å². The second kappa shape index (κ2) is 8.43. The summed E-state index contributed by atoms with van der Waals surface area (Å²) in [4.78, 5) is 14.0. The van der Waals surface area contributed by atoms with Crippen LogP contribution in [0.2, 0.25) is 0 Å². The van der Waals surface area contributed by atoms with Crippen LogP contribution in [0.1, 0.15) is 39.7 Å². The van der Waals surface area contributed by atoms with Crippen molar-refractivity contribution in [2.45, 2.75) is 46.7 Å². The van der Waals surface area contributed by atoms with Gasteiger partial charge in [-0.3, -0.25) is 4.79 Å². The lowest BCUT2D eigenvalue weighted by molar-refractivity contribution is -0.116. The lowest BCUT2D eigenvalue weighted by Crippen LogP contribution is -2.31. The lowest BCUT2D eigenvalue weighted by atomic mass is 10.1. The Morgan fingerprint density at radius 1 is 1.04 bits per heavy atom. The number of anilines is 2. The van der Waals surface area contributed by atoms with Crippen molar-refractivity contribution in [2.24, 2.45) is 5.92 Å². The topological polar surface area (TPSA) is 58.1 Å². The van der Waals surface area contributed by atoms with Gasteiger partial charge in [-0.05, 0) is 37.5 Å². The molecule has 1 heterocycles. The van der Waals surface area contributed by atoms with Crippen LogP contribution in [-0.4, -0.2) is 22.1 Å². The molecule has 0 saturated carbocycles. The van der Waals surface area contributed by atoms with E-state index in [9.17, 15) is 4.79 Å². The maximum atomic E-state index is 11.8. The fourth-order valence-electron chi connectivity index (χ4n) is 2.42. The van der Waals surface area contributed by atoms with Gasteiger partial charge in [0.1, 0.15) is 0 Å². The minimum atomic E-state index is -0.0305. The zero-order chi connectivity index (χ0) is 17.5. The summed E-state index contributed by atoms with van der Waals surface area (Å²) in [6.07, 6.45) is 0.482. The first-order chi connectivity index (χ1) is 11.5. The zero-order valence-corrected chi connectivity index (χ0v) is 14.9. The van der Waals surface area contributed by atoms with E-state index in [1.165, 1.54) is 5.56 Å². The number of amides is 1. The van der Waals surface area contributed by atoms with Crippen molar-refractivity contribution >= 4 is 17.5 Å². The molecule has 0 unspecified atom stereocenters. The van der Waals surface area contributed by atoms with Gasteiger partial charge in [-0.15, -0.1) is 10.2 Å². The summed E-state index contributed by atoms with van der Waals surface area (Å²) in [5.41, 5.74) is 1.22. The number of hydrogen-bond donors (Lipinski definition) is 1. The molecule has 1 N–H and O–H groups in total. The minimum Gasteiger partial charge on any atom is -0.348 e. The number of nitrogens with zero attached hydrogens (tertiary/aromatic N) is 3. The first-order valence-corrected chi connectivity index (χ1v) is 8.40. The molecule has 0 spiro atoms. The predicted molar refractivity (Wildman–Crippen MR) is 97.9 cm³/mol. The highest BCUT2D eigenvalue weighted by atomic mass is 16.1. The Bertz CT molecular complexity index is 638. The third kappa shape index (κ3) is 5.33. The SMILES string of the molecule is CC(C)CC(=O)Nc1ccc(N(Cc2ccccc2)C(C)C)nn1. The fourth-order valence-corrected chi connectivity index (χ4v) is 2.42. The molecule has 1 amide bonds. The van der Waals surface area contributed by atoms with Gasteiger partial charge < -0.3 is 10.2 Å². The Labute approximate surface area is 144 Å². The van der Waals surface area contributed by atoms with Gasteiger partial charge in [0.2, 0.25) is 5.91 Å². The van der Waals surface area contributed by atoms with E-state index in [0.717, 1.165) is 12.4 Å². The number of aromatic nitrogens is 2. The molecule has 2 rings (SSSR count). The molecule has 128 valence electrons. The highest BCUT2D eigenvalue weighted by Crippen LogP contribution is 2.18. The quantitative estimate of drug-likeness (QED) is 0.839. The van der Waals surface area contributed by atoms with E-state index < -0.39 is 0 Å². The van der Waals surface area contributed by atoms with Gasteiger partial charge in [0, 0.05) is 19.0 Å². The summed E-state index contributed by atoms with van der Waals surface area (Å²) < 4.78 is 0. The predicted octanol–water partition coefficient (Wildman–Crippen LogP) is 3.88. The summed E-state index contributed by atoms with van der Waals surface area (Å²) in [6, 6.07) is 14.3. The normalized spacial score (nSPS) is 10.9. The minimum absolute atomic E-state index is 0.0305. The van der Waals surface area contributed by atoms with Crippen LogP contribution in [0.25, 0.3) is 0 Å². The summed E-state index contributed by atoms with van der Waals surface area (Å²) in [6.45, 7) is 9.05. The molecule has 1 aromatic heterocycles. The molecule has 24 heavy (non-hydrogen) atoms. The van der Waals surface area contributed by atoms with Crippen LogP contribution < -0.4 is 10.2 Å². The van der Waals surface area contributed by atoms with E-state index in [1.54, 1.807) is 6.07 Å². The summed E-state index contributed by atoms with van der Waals surface area (Å²) in [7, 11) is 0. The number of rotatable bonds is 7. The van der Waals surface area contributed by atoms with Crippen LogP contribution in [0.15, 0.2) is 42.5 Å². The van der Waals surface area contributed by atoms with Gasteiger partial charge in [-0.2, -0.15) is 0 Å². The van der Waals surface area contributed by atoms with Gasteiger partial charge in [-0.1, -0.05) is 44.2 Å². The van der Waals surface area contributed by atoms with Crippen molar-refractivity contribution in [1.82, 2.24) is 10.2 Å². The molecule has 5 heteroatoms. The molecular formula is C19H26N4O. The highest BCUT2D eigenvalue weighted by molar-refractivity contribution is 5.89. The lowest BCUT2D eigenvalue weighted by Gasteiger charge is -2.27. The first-order valence-electron chi connectivity index (χ1n) is 8.40. The van der Waals surface area contributed by atoms with E-state index in [2.05, 4.69) is 46.4 Å². The summed E-state index contributed by atoms with van der Waals surface area (Å²) >= 11 is 0. The van der Waals surface area contributed by atoms with Gasteiger partial charge in [0.15, 0.2) is 11.6 Å². The smallest absolute Gasteiger partial charge is 0.225 e. The molecule has 1 aromatic carbocycles. The number of hydrogen-bond acceptors (Lipinski definition) is 4. The number of carbonyl (C=O) groups is 1. The molecule has 0 saturated heterocycles. The third-order valence-electron chi connectivity index (χ3n) is 3.62. The standard InChI is InChI=1S/C19H26N4O/c1-14(2)12-19(24)20-17-10-11-18(22-21-17)23(15(3)4)13-16-8-6-5-7-9-16/h5-11,14-15H,12-13H2,1-4H3,(H,20,21,24). The van der Waals surface area contributed by atoms with E-state index >= 15 is 0 Å². The summed E-state index contributed by atoms with van der Waals surface area (Å²) in [5.74, 6) is 1.58. The van der Waals surface area contributed by atoms with Crippen molar-refractivity contribution in [3.63, 3.8) is 0 Å². The van der Waals surface area contributed by atoms with Crippen LogP contribution in [0, 0.1) is 5.92 Å². The van der Waals surface area contributed by atoms with Crippen LogP contribution in [0.4, 0.5) is 11.6 Å². The number of benzene rings is 1. The van der Waals surface area contributed by atoms with E-state index in [-0.39, 0.29) is 5.91 Å².